The van der Waals surface area contributed by atoms with Crippen LogP contribution in [-0.2, 0) is 29.2 Å². The number of hydrogen-bond acceptors (Lipinski definition) is 7. The Morgan fingerprint density at radius 2 is 2.00 bits per heavy atom. The Balaban J connectivity index is 2.01. The first-order valence-corrected chi connectivity index (χ1v) is 10.3. The summed E-state index contributed by atoms with van der Waals surface area (Å²) in [7, 11) is -3.92. The lowest BCUT2D eigenvalue weighted by Crippen LogP contribution is -2.54. The van der Waals surface area contributed by atoms with E-state index in [0.717, 1.165) is 18.7 Å². The molecule has 150 valence electrons. The van der Waals surface area contributed by atoms with Crippen LogP contribution in [0.3, 0.4) is 0 Å². The third-order valence-corrected chi connectivity index (χ3v) is 5.23. The molecule has 0 bridgehead atoms. The number of amides is 4. The molecular formula is C15H17N5O6S2. The van der Waals surface area contributed by atoms with Gasteiger partial charge in [-0.3, -0.25) is 19.2 Å². The number of carbonyl (C=O) groups is 4. The third kappa shape index (κ3) is 5.61. The molecule has 0 aromatic heterocycles. The quantitative estimate of drug-likeness (QED) is 0.428. The summed E-state index contributed by atoms with van der Waals surface area (Å²) in [5.41, 5.74) is 0.871. The van der Waals surface area contributed by atoms with Gasteiger partial charge < -0.3 is 16.0 Å². The number of carbonyl (C=O) groups excluding carboxylic acids is 4. The summed E-state index contributed by atoms with van der Waals surface area (Å²) in [4.78, 5) is 50.3. The van der Waals surface area contributed by atoms with E-state index in [1.807, 2.05) is 0 Å². The minimum absolute atomic E-state index is 0.0817. The van der Waals surface area contributed by atoms with Gasteiger partial charge in [-0.05, 0) is 24.6 Å². The lowest BCUT2D eigenvalue weighted by Gasteiger charge is -2.19. The van der Waals surface area contributed by atoms with Crippen LogP contribution in [0.25, 0.3) is 0 Å². The van der Waals surface area contributed by atoms with Gasteiger partial charge in [0.2, 0.25) is 21.8 Å². The number of nitrogens with one attached hydrogen (secondary N) is 3. The number of aliphatic imine (C=N–C) groups is 1. The lowest BCUT2D eigenvalue weighted by molar-refractivity contribution is -0.134. The van der Waals surface area contributed by atoms with Crippen molar-refractivity contribution in [3.8, 4) is 0 Å². The molecule has 1 aromatic rings. The average Bonchev–Trinajstić information content (AvgIpc) is 2.57. The number of sulfonamides is 1. The van der Waals surface area contributed by atoms with Gasteiger partial charge in [-0.1, -0.05) is 17.8 Å². The smallest absolute Gasteiger partial charge is 0.280 e. The van der Waals surface area contributed by atoms with Gasteiger partial charge in [0.05, 0.1) is 10.6 Å². The van der Waals surface area contributed by atoms with Crippen molar-refractivity contribution in [1.82, 2.24) is 10.6 Å². The van der Waals surface area contributed by atoms with Gasteiger partial charge in [0.15, 0.2) is 11.2 Å². The topological polar surface area (TPSA) is 177 Å². The molecule has 1 aliphatic rings. The largest absolute Gasteiger partial charge is 0.337 e. The van der Waals surface area contributed by atoms with Crippen LogP contribution in [0.2, 0.25) is 0 Å². The maximum absolute atomic E-state index is 12.1. The van der Waals surface area contributed by atoms with E-state index in [4.69, 9.17) is 5.14 Å². The summed E-state index contributed by atoms with van der Waals surface area (Å²) in [5.74, 6) is -2.89. The summed E-state index contributed by atoms with van der Waals surface area (Å²) < 4.78 is 22.8. The number of hydrogen-bond donors (Lipinski definition) is 4. The molecule has 2 rings (SSSR count). The van der Waals surface area contributed by atoms with Gasteiger partial charge in [-0.15, -0.1) is 0 Å². The summed E-state index contributed by atoms with van der Waals surface area (Å²) in [6.45, 7) is 2.83. The SMILES string of the molecule is CC(=O)N[C@H]1C(=O)N=C(SCC(=O)Nc2cc(S(N)(=O)=O)ccc2C)NC1=O. The van der Waals surface area contributed by atoms with Crippen LogP contribution in [-0.4, -0.2) is 49.0 Å². The van der Waals surface area contributed by atoms with Crippen LogP contribution < -0.4 is 21.1 Å². The fourth-order valence-corrected chi connectivity index (χ4v) is 3.32. The molecule has 0 unspecified atom stereocenters. The van der Waals surface area contributed by atoms with E-state index in [1.165, 1.54) is 18.2 Å². The maximum atomic E-state index is 12.1. The highest BCUT2D eigenvalue weighted by Crippen LogP contribution is 2.20. The summed E-state index contributed by atoms with van der Waals surface area (Å²) in [5, 5.41) is 12.0. The zero-order valence-electron chi connectivity index (χ0n) is 14.8. The van der Waals surface area contributed by atoms with Gasteiger partial charge in [0.1, 0.15) is 0 Å². The molecule has 0 saturated carbocycles. The van der Waals surface area contributed by atoms with Gasteiger partial charge in [0, 0.05) is 12.6 Å². The summed E-state index contributed by atoms with van der Waals surface area (Å²) >= 11 is 0.798. The summed E-state index contributed by atoms with van der Waals surface area (Å²) in [6.07, 6.45) is 0. The first-order valence-electron chi connectivity index (χ1n) is 7.74. The van der Waals surface area contributed by atoms with Gasteiger partial charge in [0.25, 0.3) is 11.8 Å². The van der Waals surface area contributed by atoms with Crippen molar-refractivity contribution in [3.63, 3.8) is 0 Å². The Labute approximate surface area is 164 Å². The normalized spacial score (nSPS) is 16.8. The van der Waals surface area contributed by atoms with E-state index in [2.05, 4.69) is 20.9 Å². The molecular weight excluding hydrogens is 410 g/mol. The number of primary sulfonamides is 1. The number of nitrogens with two attached hydrogens (primary N) is 1. The van der Waals surface area contributed by atoms with Crippen molar-refractivity contribution in [2.45, 2.75) is 24.8 Å². The van der Waals surface area contributed by atoms with Crippen LogP contribution in [0.15, 0.2) is 28.1 Å². The molecule has 0 radical (unpaired) electrons. The van der Waals surface area contributed by atoms with Gasteiger partial charge in [-0.2, -0.15) is 4.99 Å². The molecule has 1 atom stereocenters. The van der Waals surface area contributed by atoms with E-state index in [0.29, 0.717) is 5.56 Å². The van der Waals surface area contributed by atoms with Gasteiger partial charge in [-0.25, -0.2) is 13.6 Å². The molecule has 13 heteroatoms. The Morgan fingerprint density at radius 1 is 1.32 bits per heavy atom. The Kier molecular flexibility index (Phi) is 6.53. The second-order valence-electron chi connectivity index (χ2n) is 5.74. The Bertz CT molecular complexity index is 989. The molecule has 1 aliphatic heterocycles. The van der Waals surface area contributed by atoms with Crippen molar-refractivity contribution in [2.24, 2.45) is 10.1 Å². The molecule has 5 N–H and O–H groups in total. The average molecular weight is 427 g/mol. The molecule has 0 spiro atoms. The summed E-state index contributed by atoms with van der Waals surface area (Å²) in [6, 6.07) is 2.64. The third-order valence-electron chi connectivity index (χ3n) is 3.45. The van der Waals surface area contributed by atoms with E-state index < -0.39 is 39.7 Å². The highest BCUT2D eigenvalue weighted by Gasteiger charge is 2.32. The van der Waals surface area contributed by atoms with Crippen molar-refractivity contribution < 1.29 is 27.6 Å². The zero-order valence-corrected chi connectivity index (χ0v) is 16.4. The number of thioether (sulfide) groups is 1. The molecule has 0 aliphatic carbocycles. The molecule has 0 saturated heterocycles. The van der Waals surface area contributed by atoms with Crippen LogP contribution >= 0.6 is 11.8 Å². The maximum Gasteiger partial charge on any atom is 0.280 e. The minimum Gasteiger partial charge on any atom is -0.337 e. The highest BCUT2D eigenvalue weighted by molar-refractivity contribution is 8.14. The number of amidine groups is 1. The lowest BCUT2D eigenvalue weighted by atomic mass is 10.2. The van der Waals surface area contributed by atoms with Crippen molar-refractivity contribution in [1.29, 1.82) is 0 Å². The van der Waals surface area contributed by atoms with Crippen LogP contribution in [0.5, 0.6) is 0 Å². The first-order chi connectivity index (χ1) is 13.0. The number of anilines is 1. The number of benzene rings is 1. The van der Waals surface area contributed by atoms with Crippen LogP contribution in [0.1, 0.15) is 12.5 Å². The number of nitrogens with zero attached hydrogens (tertiary/aromatic N) is 1. The first kappa shape index (κ1) is 21.5. The molecule has 28 heavy (non-hydrogen) atoms. The number of aryl methyl sites for hydroxylation is 1. The van der Waals surface area contributed by atoms with E-state index >= 15 is 0 Å². The van der Waals surface area contributed by atoms with Gasteiger partial charge >= 0.3 is 0 Å². The van der Waals surface area contributed by atoms with E-state index in [1.54, 1.807) is 6.92 Å². The monoisotopic (exact) mass is 427 g/mol. The van der Waals surface area contributed by atoms with Crippen molar-refractivity contribution in [2.75, 3.05) is 11.1 Å². The second kappa shape index (κ2) is 8.50. The minimum atomic E-state index is -3.92. The van der Waals surface area contributed by atoms with Crippen molar-refractivity contribution >= 4 is 56.3 Å². The molecule has 11 nitrogen and oxygen atoms in total. The predicted molar refractivity (Wildman–Crippen MR) is 102 cm³/mol. The van der Waals surface area contributed by atoms with Crippen LogP contribution in [0, 0.1) is 6.92 Å². The fraction of sp³-hybridized carbons (Fsp3) is 0.267. The van der Waals surface area contributed by atoms with Crippen molar-refractivity contribution in [3.05, 3.63) is 23.8 Å². The predicted octanol–water partition coefficient (Wildman–Crippen LogP) is -1.17. The zero-order chi connectivity index (χ0) is 21.1. The molecule has 1 heterocycles. The highest BCUT2D eigenvalue weighted by atomic mass is 32.2. The standard InChI is InChI=1S/C15H17N5O6S2/c1-7-3-4-9(28(16,25)26)5-10(7)18-11(22)6-27-15-19-13(23)12(14(24)20-15)17-8(2)21/h3-5,12H,6H2,1-2H3,(H,17,21)(H,18,22)(H2,16,25,26)(H,19,20,23,24). The van der Waals surface area contributed by atoms with E-state index in [-0.39, 0.29) is 21.5 Å². The second-order valence-corrected chi connectivity index (χ2v) is 8.26. The Hall–Kier alpha value is -2.77. The fourth-order valence-electron chi connectivity index (χ4n) is 2.11. The van der Waals surface area contributed by atoms with E-state index in [9.17, 15) is 27.6 Å². The Morgan fingerprint density at radius 3 is 2.57 bits per heavy atom. The number of rotatable bonds is 5. The molecule has 0 fully saturated rings. The molecule has 4 amide bonds. The molecule has 1 aromatic carbocycles. The van der Waals surface area contributed by atoms with Crippen LogP contribution in [0.4, 0.5) is 5.69 Å².